The van der Waals surface area contributed by atoms with Crippen molar-refractivity contribution in [3.8, 4) is 0 Å². The van der Waals surface area contributed by atoms with Gasteiger partial charge in [-0.05, 0) is 11.4 Å². The lowest BCUT2D eigenvalue weighted by molar-refractivity contribution is 0.0950. The summed E-state index contributed by atoms with van der Waals surface area (Å²) in [6, 6.07) is 1.83. The molecule has 2 aromatic rings. The summed E-state index contributed by atoms with van der Waals surface area (Å²) in [7, 11) is 0. The van der Waals surface area contributed by atoms with Crippen LogP contribution in [0.15, 0.2) is 11.4 Å². The molecular weight excluding hydrogens is 176 g/mol. The van der Waals surface area contributed by atoms with E-state index in [2.05, 4.69) is 10.2 Å². The number of nitrogens with two attached hydrogens (primary N) is 1. The molecule has 0 atom stereocenters. The van der Waals surface area contributed by atoms with Crippen LogP contribution in [0, 0.1) is 0 Å². The Labute approximate surface area is 71.5 Å². The van der Waals surface area contributed by atoms with Gasteiger partial charge in [0.25, 0.3) is 5.91 Å². The molecule has 2 heterocycles. The normalized spacial score (nSPS) is 10.4. The van der Waals surface area contributed by atoms with Crippen molar-refractivity contribution in [3.05, 3.63) is 17.1 Å². The standard InChI is InChI=1S/C6H6N4OS/c7-8-5(11)4-3-1-2-12-6(3)10-9-4/h1-2H,7H2,(H,8,11)(H,9,10). The average Bonchev–Trinajstić information content (AvgIpc) is 2.62. The fourth-order valence-corrected chi connectivity index (χ4v) is 1.72. The number of nitrogens with zero attached hydrogens (tertiary/aromatic N) is 1. The Morgan fingerprint density at radius 2 is 2.58 bits per heavy atom. The monoisotopic (exact) mass is 182 g/mol. The first-order valence-corrected chi connectivity index (χ1v) is 4.13. The molecule has 0 saturated carbocycles. The number of hydrogen-bond donors (Lipinski definition) is 3. The maximum absolute atomic E-state index is 11.1. The number of hydrazine groups is 1. The van der Waals surface area contributed by atoms with E-state index in [1.807, 2.05) is 16.9 Å². The van der Waals surface area contributed by atoms with Crippen molar-refractivity contribution in [2.75, 3.05) is 0 Å². The molecule has 6 heteroatoms. The molecule has 0 aliphatic heterocycles. The molecule has 0 aliphatic carbocycles. The van der Waals surface area contributed by atoms with Gasteiger partial charge in [0.1, 0.15) is 10.5 Å². The molecule has 0 bridgehead atoms. The highest BCUT2D eigenvalue weighted by atomic mass is 32.1. The van der Waals surface area contributed by atoms with Crippen LogP contribution in [0.1, 0.15) is 10.5 Å². The second-order valence-electron chi connectivity index (χ2n) is 2.21. The van der Waals surface area contributed by atoms with E-state index in [1.165, 1.54) is 11.3 Å². The van der Waals surface area contributed by atoms with Gasteiger partial charge in [0.2, 0.25) is 0 Å². The number of fused-ring (bicyclic) bond motifs is 1. The van der Waals surface area contributed by atoms with Gasteiger partial charge >= 0.3 is 0 Å². The first kappa shape index (κ1) is 7.26. The van der Waals surface area contributed by atoms with Gasteiger partial charge in [-0.2, -0.15) is 5.10 Å². The van der Waals surface area contributed by atoms with Crippen molar-refractivity contribution in [2.24, 2.45) is 5.84 Å². The summed E-state index contributed by atoms with van der Waals surface area (Å²) in [5.41, 5.74) is 2.45. The molecule has 5 nitrogen and oxygen atoms in total. The van der Waals surface area contributed by atoms with Crippen molar-refractivity contribution in [2.45, 2.75) is 0 Å². The Kier molecular flexibility index (Phi) is 1.56. The number of carbonyl (C=O) groups excluding carboxylic acids is 1. The second-order valence-corrected chi connectivity index (χ2v) is 3.11. The molecule has 12 heavy (non-hydrogen) atoms. The van der Waals surface area contributed by atoms with Crippen LogP contribution in [0.25, 0.3) is 10.2 Å². The van der Waals surface area contributed by atoms with Crippen molar-refractivity contribution in [3.63, 3.8) is 0 Å². The summed E-state index contributed by atoms with van der Waals surface area (Å²) in [5, 5.41) is 9.22. The van der Waals surface area contributed by atoms with Gasteiger partial charge in [0, 0.05) is 5.39 Å². The first-order chi connectivity index (χ1) is 5.83. The number of aromatic amines is 1. The lowest BCUT2D eigenvalue weighted by atomic mass is 10.3. The number of rotatable bonds is 1. The van der Waals surface area contributed by atoms with Crippen molar-refractivity contribution >= 4 is 27.5 Å². The number of nitrogen functional groups attached to an aromatic ring is 1. The van der Waals surface area contributed by atoms with Crippen LogP contribution >= 0.6 is 11.3 Å². The zero-order valence-electron chi connectivity index (χ0n) is 6.00. The minimum atomic E-state index is -0.351. The van der Waals surface area contributed by atoms with Crippen LogP contribution in [0.2, 0.25) is 0 Å². The topological polar surface area (TPSA) is 83.8 Å². The summed E-state index contributed by atoms with van der Waals surface area (Å²) < 4.78 is 0. The molecule has 0 aromatic carbocycles. The molecule has 62 valence electrons. The number of H-pyrrole nitrogens is 1. The van der Waals surface area contributed by atoms with Gasteiger partial charge in [-0.3, -0.25) is 15.3 Å². The number of hydrogen-bond acceptors (Lipinski definition) is 4. The van der Waals surface area contributed by atoms with E-state index in [1.54, 1.807) is 0 Å². The molecule has 0 fully saturated rings. The third-order valence-electron chi connectivity index (χ3n) is 1.54. The Morgan fingerprint density at radius 3 is 3.33 bits per heavy atom. The fourth-order valence-electron chi connectivity index (χ4n) is 0.990. The van der Waals surface area contributed by atoms with Gasteiger partial charge in [0.15, 0.2) is 0 Å². The van der Waals surface area contributed by atoms with Gasteiger partial charge in [-0.15, -0.1) is 11.3 Å². The number of nitrogens with one attached hydrogen (secondary N) is 2. The van der Waals surface area contributed by atoms with Crippen LogP contribution in [0.4, 0.5) is 0 Å². The minimum absolute atomic E-state index is 0.351. The molecule has 0 saturated heterocycles. The third-order valence-corrected chi connectivity index (χ3v) is 2.35. The minimum Gasteiger partial charge on any atom is -0.289 e. The smallest absolute Gasteiger partial charge is 0.283 e. The van der Waals surface area contributed by atoms with Gasteiger partial charge < -0.3 is 0 Å². The van der Waals surface area contributed by atoms with Crippen molar-refractivity contribution in [1.29, 1.82) is 0 Å². The molecular formula is C6H6N4OS. The van der Waals surface area contributed by atoms with Crippen LogP contribution in [-0.4, -0.2) is 16.1 Å². The molecule has 0 unspecified atom stereocenters. The molecule has 0 spiro atoms. The highest BCUT2D eigenvalue weighted by Gasteiger charge is 2.11. The summed E-state index contributed by atoms with van der Waals surface area (Å²) in [5.74, 6) is 4.63. The Morgan fingerprint density at radius 1 is 1.75 bits per heavy atom. The summed E-state index contributed by atoms with van der Waals surface area (Å²) >= 11 is 1.47. The lowest BCUT2D eigenvalue weighted by Crippen LogP contribution is -2.30. The summed E-state index contributed by atoms with van der Waals surface area (Å²) in [4.78, 5) is 11.9. The Hall–Kier alpha value is -1.40. The number of amides is 1. The summed E-state index contributed by atoms with van der Waals surface area (Å²) in [6.45, 7) is 0. The fraction of sp³-hybridized carbons (Fsp3) is 0. The SMILES string of the molecule is NNC(=O)c1[nH]nc2sccc12. The van der Waals surface area contributed by atoms with E-state index < -0.39 is 0 Å². The largest absolute Gasteiger partial charge is 0.289 e. The Bertz CT molecular complexity index is 418. The van der Waals surface area contributed by atoms with Crippen LogP contribution in [-0.2, 0) is 0 Å². The zero-order chi connectivity index (χ0) is 8.55. The maximum Gasteiger partial charge on any atom is 0.283 e. The van der Waals surface area contributed by atoms with E-state index in [4.69, 9.17) is 5.84 Å². The number of thiophene rings is 1. The van der Waals surface area contributed by atoms with Gasteiger partial charge in [0.05, 0.1) is 0 Å². The van der Waals surface area contributed by atoms with Crippen molar-refractivity contribution < 1.29 is 4.79 Å². The third kappa shape index (κ3) is 0.892. The lowest BCUT2D eigenvalue weighted by Gasteiger charge is -1.92. The second kappa shape index (κ2) is 2.58. The van der Waals surface area contributed by atoms with Crippen LogP contribution in [0.3, 0.4) is 0 Å². The summed E-state index contributed by atoms with van der Waals surface area (Å²) in [6.07, 6.45) is 0. The van der Waals surface area contributed by atoms with Crippen LogP contribution < -0.4 is 11.3 Å². The molecule has 2 aromatic heterocycles. The highest BCUT2D eigenvalue weighted by Crippen LogP contribution is 2.20. The average molecular weight is 182 g/mol. The molecule has 0 aliphatic rings. The Balaban J connectivity index is 2.61. The van der Waals surface area contributed by atoms with E-state index in [9.17, 15) is 4.79 Å². The maximum atomic E-state index is 11.1. The van der Waals surface area contributed by atoms with E-state index >= 15 is 0 Å². The highest BCUT2D eigenvalue weighted by molar-refractivity contribution is 7.16. The van der Waals surface area contributed by atoms with Gasteiger partial charge in [-0.25, -0.2) is 5.84 Å². The quantitative estimate of drug-likeness (QED) is 0.335. The predicted octanol–water partition coefficient (Wildman–Crippen LogP) is 0.228. The number of carbonyl (C=O) groups is 1. The molecule has 2 rings (SSSR count). The van der Waals surface area contributed by atoms with E-state index in [-0.39, 0.29) is 5.91 Å². The van der Waals surface area contributed by atoms with E-state index in [0.29, 0.717) is 5.69 Å². The molecule has 0 radical (unpaired) electrons. The van der Waals surface area contributed by atoms with E-state index in [0.717, 1.165) is 10.2 Å². The van der Waals surface area contributed by atoms with Gasteiger partial charge in [-0.1, -0.05) is 0 Å². The predicted molar refractivity (Wildman–Crippen MR) is 45.6 cm³/mol. The van der Waals surface area contributed by atoms with Crippen LogP contribution in [0.5, 0.6) is 0 Å². The molecule has 1 amide bonds. The molecule has 4 N–H and O–H groups in total. The van der Waals surface area contributed by atoms with Crippen molar-refractivity contribution in [1.82, 2.24) is 15.6 Å². The number of aromatic nitrogens is 2. The first-order valence-electron chi connectivity index (χ1n) is 3.25. The zero-order valence-corrected chi connectivity index (χ0v) is 6.81.